The molecular formula is C8H16O3S2. The van der Waals surface area contributed by atoms with E-state index in [4.69, 9.17) is 8.92 Å². The SMILES string of the molecule is CCOSCC(CS)C(=O)OCC. The van der Waals surface area contributed by atoms with Gasteiger partial charge in [-0.1, -0.05) is 0 Å². The van der Waals surface area contributed by atoms with Gasteiger partial charge in [-0.3, -0.25) is 4.79 Å². The van der Waals surface area contributed by atoms with Crippen LogP contribution in [-0.2, 0) is 13.7 Å². The van der Waals surface area contributed by atoms with Crippen LogP contribution >= 0.6 is 24.7 Å². The molecule has 0 saturated carbocycles. The highest BCUT2D eigenvalue weighted by Gasteiger charge is 2.18. The van der Waals surface area contributed by atoms with Crippen LogP contribution < -0.4 is 0 Å². The number of carbonyl (C=O) groups excluding carboxylic acids is 1. The van der Waals surface area contributed by atoms with Gasteiger partial charge in [0.1, 0.15) is 0 Å². The van der Waals surface area contributed by atoms with Crippen LogP contribution in [0, 0.1) is 5.92 Å². The molecule has 0 aliphatic carbocycles. The van der Waals surface area contributed by atoms with E-state index in [1.54, 1.807) is 6.92 Å². The zero-order valence-corrected chi connectivity index (χ0v) is 9.70. The molecule has 0 fully saturated rings. The van der Waals surface area contributed by atoms with Crippen molar-refractivity contribution in [1.82, 2.24) is 0 Å². The fraction of sp³-hybridized carbons (Fsp3) is 0.875. The van der Waals surface area contributed by atoms with Gasteiger partial charge in [0, 0.05) is 11.5 Å². The van der Waals surface area contributed by atoms with E-state index in [0.717, 1.165) is 0 Å². The number of hydrogen-bond donors (Lipinski definition) is 1. The van der Waals surface area contributed by atoms with Gasteiger partial charge < -0.3 is 8.92 Å². The van der Waals surface area contributed by atoms with Crippen LogP contribution in [-0.4, -0.2) is 30.7 Å². The predicted molar refractivity (Wildman–Crippen MR) is 58.1 cm³/mol. The van der Waals surface area contributed by atoms with E-state index in [2.05, 4.69) is 12.6 Å². The van der Waals surface area contributed by atoms with Gasteiger partial charge in [0.25, 0.3) is 0 Å². The van der Waals surface area contributed by atoms with Gasteiger partial charge in [-0.15, -0.1) is 0 Å². The third-order valence-corrected chi connectivity index (χ3v) is 2.69. The molecule has 0 aliphatic rings. The maximum absolute atomic E-state index is 11.2. The van der Waals surface area contributed by atoms with E-state index in [-0.39, 0.29) is 11.9 Å². The topological polar surface area (TPSA) is 35.5 Å². The molecule has 0 aromatic heterocycles. The molecule has 1 atom stereocenters. The second-order valence-electron chi connectivity index (χ2n) is 2.32. The van der Waals surface area contributed by atoms with E-state index in [1.807, 2.05) is 6.92 Å². The Kier molecular flexibility index (Phi) is 8.80. The highest BCUT2D eigenvalue weighted by molar-refractivity contribution is 7.94. The third kappa shape index (κ3) is 6.23. The number of hydrogen-bond acceptors (Lipinski definition) is 5. The van der Waals surface area contributed by atoms with Crippen LogP contribution in [0.2, 0.25) is 0 Å². The molecule has 0 rings (SSSR count). The summed E-state index contributed by atoms with van der Waals surface area (Å²) < 4.78 is 9.94. The average Bonchev–Trinajstić information content (AvgIpc) is 2.13. The van der Waals surface area contributed by atoms with E-state index in [1.165, 1.54) is 12.0 Å². The van der Waals surface area contributed by atoms with E-state index in [0.29, 0.717) is 24.7 Å². The molecule has 1 unspecified atom stereocenters. The highest BCUT2D eigenvalue weighted by atomic mass is 32.2. The molecule has 0 saturated heterocycles. The first-order valence-corrected chi connectivity index (χ1v) is 5.82. The summed E-state index contributed by atoms with van der Waals surface area (Å²) in [5, 5.41) is 0. The molecule has 0 N–H and O–H groups in total. The maximum atomic E-state index is 11.2. The zero-order chi connectivity index (χ0) is 10.1. The van der Waals surface area contributed by atoms with Crippen LogP contribution in [0.4, 0.5) is 0 Å². The quantitative estimate of drug-likeness (QED) is 0.309. The first-order valence-electron chi connectivity index (χ1n) is 4.28. The number of thiol groups is 1. The monoisotopic (exact) mass is 224 g/mol. The molecule has 3 nitrogen and oxygen atoms in total. The predicted octanol–water partition coefficient (Wildman–Crippen LogP) is 1.78. The molecule has 0 spiro atoms. The summed E-state index contributed by atoms with van der Waals surface area (Å²) in [4.78, 5) is 11.2. The largest absolute Gasteiger partial charge is 0.466 e. The first kappa shape index (κ1) is 13.1. The fourth-order valence-electron chi connectivity index (χ4n) is 0.669. The molecule has 13 heavy (non-hydrogen) atoms. The summed E-state index contributed by atoms with van der Waals surface area (Å²) in [6, 6.07) is 0. The van der Waals surface area contributed by atoms with Crippen molar-refractivity contribution in [1.29, 1.82) is 0 Å². The van der Waals surface area contributed by atoms with Crippen molar-refractivity contribution >= 4 is 30.6 Å². The molecule has 5 heteroatoms. The highest BCUT2D eigenvalue weighted by Crippen LogP contribution is 2.12. The lowest BCUT2D eigenvalue weighted by atomic mass is 10.2. The van der Waals surface area contributed by atoms with Crippen molar-refractivity contribution in [3.8, 4) is 0 Å². The number of esters is 1. The third-order valence-electron chi connectivity index (χ3n) is 1.31. The molecule has 0 aliphatic heterocycles. The van der Waals surface area contributed by atoms with E-state index < -0.39 is 0 Å². The minimum absolute atomic E-state index is 0.167. The molecule has 78 valence electrons. The summed E-state index contributed by atoms with van der Waals surface area (Å²) in [5.74, 6) is 0.749. The molecule has 0 aromatic rings. The summed E-state index contributed by atoms with van der Waals surface area (Å²) >= 11 is 5.37. The lowest BCUT2D eigenvalue weighted by Gasteiger charge is -2.11. The van der Waals surface area contributed by atoms with Gasteiger partial charge in [0.05, 0.1) is 19.1 Å². The smallest absolute Gasteiger partial charge is 0.310 e. The van der Waals surface area contributed by atoms with E-state index in [9.17, 15) is 4.79 Å². The lowest BCUT2D eigenvalue weighted by Crippen LogP contribution is -2.21. The van der Waals surface area contributed by atoms with Crippen molar-refractivity contribution < 1.29 is 13.7 Å². The fourth-order valence-corrected chi connectivity index (χ4v) is 1.80. The molecule has 0 amide bonds. The van der Waals surface area contributed by atoms with Gasteiger partial charge >= 0.3 is 5.97 Å². The standard InChI is InChI=1S/C8H16O3S2/c1-3-10-8(9)7(5-12)6-13-11-4-2/h7,12H,3-6H2,1-2H3. The Balaban J connectivity index is 3.67. The minimum Gasteiger partial charge on any atom is -0.466 e. The second-order valence-corrected chi connectivity index (χ2v) is 3.49. The Morgan fingerprint density at radius 1 is 1.46 bits per heavy atom. The average molecular weight is 224 g/mol. The minimum atomic E-state index is -0.190. The summed E-state index contributed by atoms with van der Waals surface area (Å²) in [7, 11) is 0. The van der Waals surface area contributed by atoms with Crippen LogP contribution in [0.15, 0.2) is 0 Å². The van der Waals surface area contributed by atoms with Crippen LogP contribution in [0.5, 0.6) is 0 Å². The Labute approximate surface area is 89.2 Å². The van der Waals surface area contributed by atoms with Crippen LogP contribution in [0.1, 0.15) is 13.8 Å². The van der Waals surface area contributed by atoms with Crippen molar-refractivity contribution in [2.75, 3.05) is 24.7 Å². The Morgan fingerprint density at radius 2 is 2.15 bits per heavy atom. The van der Waals surface area contributed by atoms with Crippen LogP contribution in [0.3, 0.4) is 0 Å². The molecule has 0 heterocycles. The second kappa shape index (κ2) is 8.72. The van der Waals surface area contributed by atoms with Gasteiger partial charge in [-0.2, -0.15) is 12.6 Å². The number of ether oxygens (including phenoxy) is 1. The van der Waals surface area contributed by atoms with Crippen molar-refractivity contribution in [3.05, 3.63) is 0 Å². The molecular weight excluding hydrogens is 208 g/mol. The normalized spacial score (nSPS) is 12.5. The number of carbonyl (C=O) groups is 1. The van der Waals surface area contributed by atoms with Crippen LogP contribution in [0.25, 0.3) is 0 Å². The summed E-state index contributed by atoms with van der Waals surface area (Å²) in [6.45, 7) is 4.77. The molecule has 0 bridgehead atoms. The molecule has 0 aromatic carbocycles. The summed E-state index contributed by atoms with van der Waals surface area (Å²) in [5.41, 5.74) is 0. The van der Waals surface area contributed by atoms with E-state index >= 15 is 0 Å². The zero-order valence-electron chi connectivity index (χ0n) is 7.99. The van der Waals surface area contributed by atoms with Gasteiger partial charge in [-0.25, -0.2) is 0 Å². The van der Waals surface area contributed by atoms with Crippen molar-refractivity contribution in [2.45, 2.75) is 13.8 Å². The molecule has 0 radical (unpaired) electrons. The Bertz CT molecular complexity index is 141. The first-order chi connectivity index (χ1) is 6.26. The van der Waals surface area contributed by atoms with Gasteiger partial charge in [0.2, 0.25) is 0 Å². The van der Waals surface area contributed by atoms with Gasteiger partial charge in [-0.05, 0) is 25.9 Å². The Morgan fingerprint density at radius 3 is 2.62 bits per heavy atom. The Hall–Kier alpha value is 0.130. The lowest BCUT2D eigenvalue weighted by molar-refractivity contribution is -0.146. The summed E-state index contributed by atoms with van der Waals surface area (Å²) in [6.07, 6.45) is 0. The number of rotatable bonds is 7. The van der Waals surface area contributed by atoms with Gasteiger partial charge in [0.15, 0.2) is 0 Å². The van der Waals surface area contributed by atoms with Crippen molar-refractivity contribution in [2.24, 2.45) is 5.92 Å². The van der Waals surface area contributed by atoms with Crippen molar-refractivity contribution in [3.63, 3.8) is 0 Å². The maximum Gasteiger partial charge on any atom is 0.310 e.